The van der Waals surface area contributed by atoms with E-state index in [1.54, 1.807) is 20.8 Å². The van der Waals surface area contributed by atoms with Crippen LogP contribution in [-0.2, 0) is 9.53 Å². The number of amides is 1. The Morgan fingerprint density at radius 1 is 1.35 bits per heavy atom. The molecule has 0 aromatic rings. The van der Waals surface area contributed by atoms with Crippen LogP contribution in [0, 0.1) is 17.8 Å². The molecule has 1 saturated carbocycles. The number of likely N-dealkylation sites (tertiary alicyclic amines) is 1. The fourth-order valence-corrected chi connectivity index (χ4v) is 2.74. The minimum absolute atomic E-state index is 0.111. The SMILES string of the molecule is C[C@@H]1[C@H]2CN(C(=O)OC(C)(C)C)[C@H](C(=O)O)[C@@H]12. The Labute approximate surface area is 101 Å². The highest BCUT2D eigenvalue weighted by Gasteiger charge is 2.63. The van der Waals surface area contributed by atoms with Gasteiger partial charge in [-0.15, -0.1) is 0 Å². The van der Waals surface area contributed by atoms with E-state index in [1.165, 1.54) is 4.90 Å². The first-order chi connectivity index (χ1) is 7.72. The molecular formula is C12H19NO4. The monoisotopic (exact) mass is 241 g/mol. The summed E-state index contributed by atoms with van der Waals surface area (Å²) >= 11 is 0. The number of carbonyl (C=O) groups excluding carboxylic acids is 1. The number of hydrogen-bond donors (Lipinski definition) is 1. The fourth-order valence-electron chi connectivity index (χ4n) is 2.74. The summed E-state index contributed by atoms with van der Waals surface area (Å²) in [6.07, 6.45) is -0.510. The lowest BCUT2D eigenvalue weighted by Gasteiger charge is -2.29. The van der Waals surface area contributed by atoms with Gasteiger partial charge in [0.15, 0.2) is 0 Å². The Hall–Kier alpha value is -1.26. The maximum absolute atomic E-state index is 11.9. The van der Waals surface area contributed by atoms with Crippen molar-refractivity contribution in [2.75, 3.05) is 6.54 Å². The number of nitrogens with zero attached hydrogens (tertiary/aromatic N) is 1. The molecule has 5 nitrogen and oxygen atoms in total. The smallest absolute Gasteiger partial charge is 0.411 e. The van der Waals surface area contributed by atoms with E-state index in [-0.39, 0.29) is 5.92 Å². The van der Waals surface area contributed by atoms with E-state index >= 15 is 0 Å². The summed E-state index contributed by atoms with van der Waals surface area (Å²) in [5, 5.41) is 9.20. The lowest BCUT2D eigenvalue weighted by Crippen LogP contribution is -2.46. The van der Waals surface area contributed by atoms with Gasteiger partial charge >= 0.3 is 12.1 Å². The van der Waals surface area contributed by atoms with Crippen molar-refractivity contribution >= 4 is 12.1 Å². The molecule has 0 bridgehead atoms. The van der Waals surface area contributed by atoms with Gasteiger partial charge in [0.05, 0.1) is 0 Å². The van der Waals surface area contributed by atoms with Crippen molar-refractivity contribution in [2.45, 2.75) is 39.3 Å². The Bertz CT molecular complexity index is 360. The molecule has 1 heterocycles. The Balaban J connectivity index is 2.07. The molecular weight excluding hydrogens is 222 g/mol. The van der Waals surface area contributed by atoms with E-state index < -0.39 is 23.7 Å². The van der Waals surface area contributed by atoms with Gasteiger partial charge in [0, 0.05) is 6.54 Å². The lowest BCUT2D eigenvalue weighted by atomic mass is 10.1. The van der Waals surface area contributed by atoms with Gasteiger partial charge < -0.3 is 9.84 Å². The minimum atomic E-state index is -0.923. The summed E-state index contributed by atoms with van der Waals surface area (Å²) in [5.74, 6) is -0.0638. The Morgan fingerprint density at radius 2 is 1.94 bits per heavy atom. The highest BCUT2D eigenvalue weighted by atomic mass is 16.6. The average Bonchev–Trinajstić information content (AvgIpc) is 2.60. The predicted molar refractivity (Wildman–Crippen MR) is 60.5 cm³/mol. The van der Waals surface area contributed by atoms with E-state index in [1.807, 2.05) is 6.92 Å². The van der Waals surface area contributed by atoms with Crippen molar-refractivity contribution < 1.29 is 19.4 Å². The third-order valence-electron chi connectivity index (χ3n) is 3.62. The first kappa shape index (κ1) is 12.2. The number of hydrogen-bond acceptors (Lipinski definition) is 3. The van der Waals surface area contributed by atoms with Crippen molar-refractivity contribution in [1.82, 2.24) is 4.90 Å². The first-order valence-corrected chi connectivity index (χ1v) is 5.95. The third kappa shape index (κ3) is 2.10. The number of fused-ring (bicyclic) bond motifs is 1. The van der Waals surface area contributed by atoms with Crippen LogP contribution in [0.5, 0.6) is 0 Å². The molecule has 1 aliphatic heterocycles. The van der Waals surface area contributed by atoms with Crippen molar-refractivity contribution in [3.8, 4) is 0 Å². The largest absolute Gasteiger partial charge is 0.480 e. The van der Waals surface area contributed by atoms with Gasteiger partial charge in [0.2, 0.25) is 0 Å². The molecule has 0 aromatic heterocycles. The molecule has 5 heteroatoms. The zero-order chi connectivity index (χ0) is 13.0. The third-order valence-corrected chi connectivity index (χ3v) is 3.62. The van der Waals surface area contributed by atoms with Crippen LogP contribution in [0.15, 0.2) is 0 Å². The fraction of sp³-hybridized carbons (Fsp3) is 0.833. The number of ether oxygens (including phenoxy) is 1. The number of carbonyl (C=O) groups is 2. The van der Waals surface area contributed by atoms with Gasteiger partial charge in [-0.3, -0.25) is 4.90 Å². The zero-order valence-electron chi connectivity index (χ0n) is 10.6. The van der Waals surface area contributed by atoms with E-state index in [4.69, 9.17) is 4.74 Å². The van der Waals surface area contributed by atoms with Crippen LogP contribution >= 0.6 is 0 Å². The van der Waals surface area contributed by atoms with Gasteiger partial charge in [-0.05, 0) is 38.5 Å². The molecule has 0 aromatic carbocycles. The second-order valence-electron chi connectivity index (χ2n) is 6.02. The quantitative estimate of drug-likeness (QED) is 0.756. The number of carboxylic acid groups (broad SMARTS) is 1. The minimum Gasteiger partial charge on any atom is -0.480 e. The standard InChI is InChI=1S/C12H19NO4/c1-6-7-5-13(9(8(6)7)10(14)15)11(16)17-12(2,3)4/h6-9H,5H2,1-4H3,(H,14,15)/t6-,7-,8+,9+/m1/s1. The van der Waals surface area contributed by atoms with Gasteiger partial charge in [-0.2, -0.15) is 0 Å². The van der Waals surface area contributed by atoms with Crippen molar-refractivity contribution in [3.05, 3.63) is 0 Å². The van der Waals surface area contributed by atoms with Crippen LogP contribution in [-0.4, -0.2) is 40.3 Å². The molecule has 17 heavy (non-hydrogen) atoms. The van der Waals surface area contributed by atoms with Crippen LogP contribution in [0.4, 0.5) is 4.79 Å². The number of aliphatic carboxylic acids is 1. The average molecular weight is 241 g/mol. The highest BCUT2D eigenvalue weighted by Crippen LogP contribution is 2.55. The van der Waals surface area contributed by atoms with Gasteiger partial charge in [0.1, 0.15) is 11.6 Å². The Morgan fingerprint density at radius 3 is 2.41 bits per heavy atom. The zero-order valence-corrected chi connectivity index (χ0v) is 10.6. The summed E-state index contributed by atoms with van der Waals surface area (Å²) in [6, 6.07) is -0.704. The van der Waals surface area contributed by atoms with Crippen LogP contribution < -0.4 is 0 Å². The lowest BCUT2D eigenvalue weighted by molar-refractivity contribution is -0.143. The van der Waals surface area contributed by atoms with Gasteiger partial charge in [0.25, 0.3) is 0 Å². The first-order valence-electron chi connectivity index (χ1n) is 5.95. The molecule has 2 rings (SSSR count). The second-order valence-corrected chi connectivity index (χ2v) is 6.02. The maximum Gasteiger partial charge on any atom is 0.411 e. The maximum atomic E-state index is 11.9. The van der Waals surface area contributed by atoms with Crippen LogP contribution in [0.3, 0.4) is 0 Å². The van der Waals surface area contributed by atoms with E-state index in [2.05, 4.69) is 0 Å². The van der Waals surface area contributed by atoms with Crippen LogP contribution in [0.1, 0.15) is 27.7 Å². The summed E-state index contributed by atoms with van der Waals surface area (Å²) in [4.78, 5) is 24.5. The summed E-state index contributed by atoms with van der Waals surface area (Å²) in [6.45, 7) is 7.88. The number of piperidine rings is 1. The van der Waals surface area contributed by atoms with E-state index in [0.29, 0.717) is 18.4 Å². The van der Waals surface area contributed by atoms with Gasteiger partial charge in [-0.25, -0.2) is 9.59 Å². The summed E-state index contributed by atoms with van der Waals surface area (Å²) < 4.78 is 5.23. The topological polar surface area (TPSA) is 66.8 Å². The van der Waals surface area contributed by atoms with E-state index in [9.17, 15) is 14.7 Å². The normalized spacial score (nSPS) is 35.4. The molecule has 1 aliphatic carbocycles. The highest BCUT2D eigenvalue weighted by molar-refractivity contribution is 5.82. The Kier molecular flexibility index (Phi) is 2.60. The molecule has 0 unspecified atom stereocenters. The van der Waals surface area contributed by atoms with Crippen molar-refractivity contribution in [2.24, 2.45) is 17.8 Å². The molecule has 4 atom stereocenters. The summed E-state index contributed by atoms with van der Waals surface area (Å²) in [5.41, 5.74) is -0.585. The molecule has 0 radical (unpaired) electrons. The molecule has 0 spiro atoms. The number of carboxylic acids is 1. The van der Waals surface area contributed by atoms with Gasteiger partial charge in [-0.1, -0.05) is 6.92 Å². The summed E-state index contributed by atoms with van der Waals surface area (Å²) in [7, 11) is 0. The van der Waals surface area contributed by atoms with Crippen molar-refractivity contribution in [3.63, 3.8) is 0 Å². The number of rotatable bonds is 1. The predicted octanol–water partition coefficient (Wildman–Crippen LogP) is 1.57. The molecule has 1 amide bonds. The van der Waals surface area contributed by atoms with E-state index in [0.717, 1.165) is 0 Å². The molecule has 96 valence electrons. The molecule has 2 aliphatic rings. The second kappa shape index (κ2) is 3.62. The molecule has 1 saturated heterocycles. The van der Waals surface area contributed by atoms with Crippen LogP contribution in [0.25, 0.3) is 0 Å². The molecule has 1 N–H and O–H groups in total. The van der Waals surface area contributed by atoms with Crippen molar-refractivity contribution in [1.29, 1.82) is 0 Å². The molecule has 2 fully saturated rings. The van der Waals surface area contributed by atoms with Crippen LogP contribution in [0.2, 0.25) is 0 Å².